The highest BCUT2D eigenvalue weighted by Crippen LogP contribution is 2.24. The molecule has 0 aliphatic heterocycles. The van der Waals surface area contributed by atoms with Gasteiger partial charge in [-0.25, -0.2) is 0 Å². The third kappa shape index (κ3) is 4.10. The number of benzene rings is 1. The number of Topliss-reactive ketones (excluding diaryl/α,β-unsaturated/α-hetero) is 1. The molecule has 4 aromatic rings. The standard InChI is InChI=1S/C20H19N5O2S2/c1-13-10-18(14(2)24(13)11-17-4-3-9-28-17)19(27)12-29-20-21-22-23-25(20)15-5-7-16(26)8-6-15/h3-10,26H,11-12H2,1-2H3. The van der Waals surface area contributed by atoms with E-state index in [0.29, 0.717) is 5.16 Å². The third-order valence-electron chi connectivity index (χ3n) is 4.64. The van der Waals surface area contributed by atoms with Crippen molar-refractivity contribution >= 4 is 28.9 Å². The number of aromatic nitrogens is 5. The molecule has 1 N–H and O–H groups in total. The van der Waals surface area contributed by atoms with Crippen molar-refractivity contribution in [2.24, 2.45) is 0 Å². The lowest BCUT2D eigenvalue weighted by molar-refractivity contribution is 0.102. The first kappa shape index (κ1) is 19.4. The van der Waals surface area contributed by atoms with Crippen molar-refractivity contribution in [2.75, 3.05) is 5.75 Å². The van der Waals surface area contributed by atoms with Gasteiger partial charge in [0.25, 0.3) is 0 Å². The number of carbonyl (C=O) groups is 1. The molecule has 0 saturated carbocycles. The molecular formula is C20H19N5O2S2. The number of hydrogen-bond acceptors (Lipinski definition) is 7. The molecule has 0 amide bonds. The van der Waals surface area contributed by atoms with E-state index in [9.17, 15) is 9.90 Å². The number of aromatic hydroxyl groups is 1. The second-order valence-corrected chi connectivity index (χ2v) is 8.53. The van der Waals surface area contributed by atoms with Crippen molar-refractivity contribution in [2.45, 2.75) is 25.5 Å². The Bertz CT molecular complexity index is 1130. The summed E-state index contributed by atoms with van der Waals surface area (Å²) >= 11 is 3.00. The molecule has 148 valence electrons. The zero-order valence-corrected chi connectivity index (χ0v) is 17.6. The van der Waals surface area contributed by atoms with E-state index in [1.54, 1.807) is 40.3 Å². The number of hydrogen-bond donors (Lipinski definition) is 1. The minimum atomic E-state index is 0.0424. The van der Waals surface area contributed by atoms with Crippen LogP contribution in [-0.4, -0.2) is 41.4 Å². The van der Waals surface area contributed by atoms with Gasteiger partial charge in [0.15, 0.2) is 5.78 Å². The molecular weight excluding hydrogens is 406 g/mol. The van der Waals surface area contributed by atoms with E-state index in [-0.39, 0.29) is 17.3 Å². The van der Waals surface area contributed by atoms with Crippen molar-refractivity contribution in [3.05, 3.63) is 69.7 Å². The first-order chi connectivity index (χ1) is 14.0. The highest BCUT2D eigenvalue weighted by Gasteiger charge is 2.18. The smallest absolute Gasteiger partial charge is 0.214 e. The Labute approximate surface area is 176 Å². The van der Waals surface area contributed by atoms with Gasteiger partial charge in [-0.3, -0.25) is 4.79 Å². The number of phenols is 1. The molecule has 0 fully saturated rings. The normalized spacial score (nSPS) is 11.1. The van der Waals surface area contributed by atoms with Gasteiger partial charge in [0.1, 0.15) is 5.75 Å². The zero-order valence-electron chi connectivity index (χ0n) is 15.9. The van der Waals surface area contributed by atoms with E-state index in [1.165, 1.54) is 16.6 Å². The number of rotatable bonds is 7. The molecule has 1 aromatic carbocycles. The van der Waals surface area contributed by atoms with Crippen LogP contribution in [0.5, 0.6) is 5.75 Å². The third-order valence-corrected chi connectivity index (χ3v) is 6.42. The number of aryl methyl sites for hydroxylation is 1. The highest BCUT2D eigenvalue weighted by molar-refractivity contribution is 7.99. The van der Waals surface area contributed by atoms with Gasteiger partial charge in [-0.2, -0.15) is 4.68 Å². The maximum Gasteiger partial charge on any atom is 0.214 e. The van der Waals surface area contributed by atoms with Crippen LogP contribution >= 0.6 is 23.1 Å². The monoisotopic (exact) mass is 425 g/mol. The maximum absolute atomic E-state index is 12.9. The number of ketones is 1. The molecule has 0 saturated heterocycles. The second kappa shape index (κ2) is 8.22. The maximum atomic E-state index is 12.9. The topological polar surface area (TPSA) is 85.8 Å². The van der Waals surface area contributed by atoms with E-state index in [0.717, 1.165) is 29.2 Å². The van der Waals surface area contributed by atoms with Gasteiger partial charge in [-0.1, -0.05) is 17.8 Å². The summed E-state index contributed by atoms with van der Waals surface area (Å²) < 4.78 is 3.72. The van der Waals surface area contributed by atoms with Crippen LogP contribution in [0.15, 0.2) is 53.0 Å². The SMILES string of the molecule is Cc1cc(C(=O)CSc2nnnn2-c2ccc(O)cc2)c(C)n1Cc1cccs1. The first-order valence-corrected chi connectivity index (χ1v) is 10.8. The Balaban J connectivity index is 1.49. The van der Waals surface area contributed by atoms with Crippen molar-refractivity contribution < 1.29 is 9.90 Å². The van der Waals surface area contributed by atoms with Crippen molar-refractivity contribution in [3.8, 4) is 11.4 Å². The lowest BCUT2D eigenvalue weighted by atomic mass is 10.2. The first-order valence-electron chi connectivity index (χ1n) is 8.96. The summed E-state index contributed by atoms with van der Waals surface area (Å²) in [5.74, 6) is 0.451. The van der Waals surface area contributed by atoms with Crippen LogP contribution in [0.1, 0.15) is 26.6 Å². The van der Waals surface area contributed by atoms with Gasteiger partial charge in [0.05, 0.1) is 18.0 Å². The van der Waals surface area contributed by atoms with Gasteiger partial charge in [0, 0.05) is 21.8 Å². The van der Waals surface area contributed by atoms with Crippen LogP contribution in [0.25, 0.3) is 5.69 Å². The van der Waals surface area contributed by atoms with Crippen LogP contribution in [0.2, 0.25) is 0 Å². The van der Waals surface area contributed by atoms with E-state index in [4.69, 9.17) is 0 Å². The number of carbonyl (C=O) groups excluding carboxylic acids is 1. The molecule has 0 unspecified atom stereocenters. The summed E-state index contributed by atoms with van der Waals surface area (Å²) in [6, 6.07) is 12.7. The Morgan fingerprint density at radius 1 is 1.21 bits per heavy atom. The molecule has 0 bridgehead atoms. The summed E-state index contributed by atoms with van der Waals surface area (Å²) in [4.78, 5) is 14.1. The molecule has 0 spiro atoms. The Kier molecular flexibility index (Phi) is 5.50. The minimum Gasteiger partial charge on any atom is -0.508 e. The minimum absolute atomic E-state index is 0.0424. The summed E-state index contributed by atoms with van der Waals surface area (Å²) in [7, 11) is 0. The predicted octanol–water partition coefficient (Wildman–Crippen LogP) is 3.87. The quantitative estimate of drug-likeness (QED) is 0.357. The van der Waals surface area contributed by atoms with Crippen LogP contribution < -0.4 is 0 Å². The fourth-order valence-electron chi connectivity index (χ4n) is 3.12. The molecule has 0 radical (unpaired) electrons. The van der Waals surface area contributed by atoms with Crippen molar-refractivity contribution in [1.82, 2.24) is 24.8 Å². The van der Waals surface area contributed by atoms with E-state index < -0.39 is 0 Å². The van der Waals surface area contributed by atoms with Crippen LogP contribution in [-0.2, 0) is 6.54 Å². The van der Waals surface area contributed by atoms with Crippen molar-refractivity contribution in [3.63, 3.8) is 0 Å². The van der Waals surface area contributed by atoms with Crippen LogP contribution in [0, 0.1) is 13.8 Å². The highest BCUT2D eigenvalue weighted by atomic mass is 32.2. The summed E-state index contributed by atoms with van der Waals surface area (Å²) in [5.41, 5.74) is 3.49. The Morgan fingerprint density at radius 2 is 2.00 bits per heavy atom. The summed E-state index contributed by atoms with van der Waals surface area (Å²) in [6.45, 7) is 4.78. The number of tetrazole rings is 1. The number of nitrogens with zero attached hydrogens (tertiary/aromatic N) is 5. The van der Waals surface area contributed by atoms with Gasteiger partial charge in [-0.05, 0) is 66.1 Å². The largest absolute Gasteiger partial charge is 0.508 e. The van der Waals surface area contributed by atoms with Crippen molar-refractivity contribution in [1.29, 1.82) is 0 Å². The Hall–Kier alpha value is -2.91. The fraction of sp³-hybridized carbons (Fsp3) is 0.200. The summed E-state index contributed by atoms with van der Waals surface area (Å²) in [5, 5.41) is 23.7. The Morgan fingerprint density at radius 3 is 2.72 bits per heavy atom. The van der Waals surface area contributed by atoms with E-state index in [2.05, 4.69) is 31.5 Å². The zero-order chi connectivity index (χ0) is 20.4. The predicted molar refractivity (Wildman–Crippen MR) is 113 cm³/mol. The average molecular weight is 426 g/mol. The molecule has 3 heterocycles. The molecule has 29 heavy (non-hydrogen) atoms. The molecule has 0 atom stereocenters. The average Bonchev–Trinajstić information content (AvgIpc) is 3.45. The number of thiophene rings is 1. The lowest BCUT2D eigenvalue weighted by Crippen LogP contribution is -2.08. The molecule has 7 nitrogen and oxygen atoms in total. The molecule has 0 aliphatic rings. The second-order valence-electron chi connectivity index (χ2n) is 6.55. The van der Waals surface area contributed by atoms with Gasteiger partial charge < -0.3 is 9.67 Å². The van der Waals surface area contributed by atoms with Gasteiger partial charge >= 0.3 is 0 Å². The molecule has 4 rings (SSSR count). The van der Waals surface area contributed by atoms with E-state index in [1.807, 2.05) is 26.0 Å². The van der Waals surface area contributed by atoms with Crippen LogP contribution in [0.3, 0.4) is 0 Å². The van der Waals surface area contributed by atoms with Gasteiger partial charge in [0.2, 0.25) is 5.16 Å². The van der Waals surface area contributed by atoms with E-state index >= 15 is 0 Å². The lowest BCUT2D eigenvalue weighted by Gasteiger charge is -2.08. The summed E-state index contributed by atoms with van der Waals surface area (Å²) in [6.07, 6.45) is 0. The molecule has 9 heteroatoms. The van der Waals surface area contributed by atoms with Gasteiger partial charge in [-0.15, -0.1) is 16.4 Å². The number of phenolic OH excluding ortho intramolecular Hbond substituents is 1. The molecule has 3 aromatic heterocycles. The van der Waals surface area contributed by atoms with Crippen LogP contribution in [0.4, 0.5) is 0 Å². The fourth-order valence-corrected chi connectivity index (χ4v) is 4.58. The molecule has 0 aliphatic carbocycles. The number of thioether (sulfide) groups is 1.